The number of carbonyl (C=O) groups excluding carboxylic acids is 3. The Morgan fingerprint density at radius 1 is 1.10 bits per heavy atom. The van der Waals surface area contributed by atoms with Crippen LogP contribution >= 0.6 is 0 Å². The molecule has 152 valence electrons. The summed E-state index contributed by atoms with van der Waals surface area (Å²) in [6, 6.07) is 12.8. The van der Waals surface area contributed by atoms with Crippen LogP contribution in [-0.2, 0) is 21.5 Å². The summed E-state index contributed by atoms with van der Waals surface area (Å²) < 4.78 is 0. The van der Waals surface area contributed by atoms with E-state index >= 15 is 0 Å². The average Bonchev–Trinajstić information content (AvgIpc) is 2.89. The lowest BCUT2D eigenvalue weighted by molar-refractivity contribution is -0.133. The smallest absolute Gasteiger partial charge is 0.324 e. The number of urea groups is 1. The maximum atomic E-state index is 13.0. The molecule has 1 atom stereocenters. The lowest BCUT2D eigenvalue weighted by Gasteiger charge is -2.22. The molecule has 1 saturated heterocycles. The highest BCUT2D eigenvalue weighted by molar-refractivity contribution is 6.10. The van der Waals surface area contributed by atoms with Crippen molar-refractivity contribution in [2.75, 3.05) is 11.9 Å². The number of benzene rings is 2. The van der Waals surface area contributed by atoms with Gasteiger partial charge in [-0.3, -0.25) is 14.5 Å². The van der Waals surface area contributed by atoms with Gasteiger partial charge in [-0.2, -0.15) is 0 Å². The molecule has 2 aromatic rings. The Morgan fingerprint density at radius 2 is 1.79 bits per heavy atom. The minimum atomic E-state index is -1.18. The van der Waals surface area contributed by atoms with E-state index in [1.54, 1.807) is 6.92 Å². The van der Waals surface area contributed by atoms with Crippen LogP contribution in [0, 0.1) is 13.8 Å². The Hall–Kier alpha value is -3.15. The van der Waals surface area contributed by atoms with E-state index in [1.807, 2.05) is 56.3 Å². The number of anilines is 1. The number of hydrogen-bond acceptors (Lipinski definition) is 3. The zero-order valence-electron chi connectivity index (χ0n) is 17.3. The van der Waals surface area contributed by atoms with Crippen LogP contribution in [0.1, 0.15) is 42.5 Å². The van der Waals surface area contributed by atoms with Gasteiger partial charge in [0.2, 0.25) is 5.91 Å². The number of nitrogens with zero attached hydrogens (tertiary/aromatic N) is 1. The maximum Gasteiger partial charge on any atom is 0.325 e. The van der Waals surface area contributed by atoms with E-state index in [9.17, 15) is 14.4 Å². The Labute approximate surface area is 171 Å². The highest BCUT2D eigenvalue weighted by Crippen LogP contribution is 2.29. The molecule has 6 nitrogen and oxygen atoms in total. The molecule has 3 rings (SSSR count). The van der Waals surface area contributed by atoms with Gasteiger partial charge in [0.05, 0.1) is 0 Å². The molecule has 0 aliphatic carbocycles. The van der Waals surface area contributed by atoms with Gasteiger partial charge in [-0.1, -0.05) is 55.3 Å². The summed E-state index contributed by atoms with van der Waals surface area (Å²) in [5.41, 5.74) is 3.39. The maximum absolute atomic E-state index is 13.0. The Kier molecular flexibility index (Phi) is 5.73. The van der Waals surface area contributed by atoms with Crippen LogP contribution in [0.4, 0.5) is 10.5 Å². The second-order valence-electron chi connectivity index (χ2n) is 7.76. The summed E-state index contributed by atoms with van der Waals surface area (Å²) in [5.74, 6) is -0.843. The minimum absolute atomic E-state index is 0.332. The van der Waals surface area contributed by atoms with Crippen LogP contribution in [0.25, 0.3) is 0 Å². The molecule has 1 fully saturated rings. The van der Waals surface area contributed by atoms with Gasteiger partial charge in [0.15, 0.2) is 0 Å². The molecular weight excluding hydrogens is 366 g/mol. The van der Waals surface area contributed by atoms with Crippen molar-refractivity contribution in [1.82, 2.24) is 10.2 Å². The van der Waals surface area contributed by atoms with Gasteiger partial charge >= 0.3 is 6.03 Å². The molecule has 1 aliphatic heterocycles. The van der Waals surface area contributed by atoms with Gasteiger partial charge in [-0.05, 0) is 49.9 Å². The van der Waals surface area contributed by atoms with Crippen molar-refractivity contribution in [3.05, 3.63) is 64.7 Å². The summed E-state index contributed by atoms with van der Waals surface area (Å²) in [4.78, 5) is 38.9. The standard InChI is InChI=1S/C23H27N3O3/c1-5-6-17-8-10-18(11-9-17)23(4)21(28)26(22(29)25-23)14-20(27)24-19-12-7-15(2)13-16(19)3/h7-13H,5-6,14H2,1-4H3,(H,24,27)(H,25,29)/t23-/m1/s1. The highest BCUT2D eigenvalue weighted by atomic mass is 16.2. The normalized spacial score (nSPS) is 18.7. The van der Waals surface area contributed by atoms with Crippen LogP contribution in [0.2, 0.25) is 0 Å². The first-order valence-corrected chi connectivity index (χ1v) is 9.85. The molecule has 29 heavy (non-hydrogen) atoms. The van der Waals surface area contributed by atoms with E-state index in [0.29, 0.717) is 11.3 Å². The number of amides is 4. The third-order valence-electron chi connectivity index (χ3n) is 5.30. The Bertz CT molecular complexity index is 952. The summed E-state index contributed by atoms with van der Waals surface area (Å²) >= 11 is 0. The first-order chi connectivity index (χ1) is 13.7. The molecule has 0 spiro atoms. The number of nitrogens with one attached hydrogen (secondary N) is 2. The van der Waals surface area contributed by atoms with Crippen molar-refractivity contribution in [2.45, 2.75) is 46.1 Å². The van der Waals surface area contributed by atoms with Gasteiger partial charge in [-0.25, -0.2) is 4.79 Å². The van der Waals surface area contributed by atoms with E-state index in [4.69, 9.17) is 0 Å². The number of imide groups is 1. The molecule has 0 unspecified atom stereocenters. The fourth-order valence-corrected chi connectivity index (χ4v) is 3.62. The molecule has 0 aromatic heterocycles. The van der Waals surface area contributed by atoms with Crippen molar-refractivity contribution in [1.29, 1.82) is 0 Å². The topological polar surface area (TPSA) is 78.5 Å². The molecule has 0 radical (unpaired) electrons. The predicted molar refractivity (Wildman–Crippen MR) is 113 cm³/mol. The van der Waals surface area contributed by atoms with E-state index < -0.39 is 23.4 Å². The summed E-state index contributed by atoms with van der Waals surface area (Å²) in [7, 11) is 0. The zero-order valence-corrected chi connectivity index (χ0v) is 17.3. The van der Waals surface area contributed by atoms with E-state index in [0.717, 1.165) is 28.9 Å². The van der Waals surface area contributed by atoms with E-state index in [2.05, 4.69) is 17.6 Å². The summed E-state index contributed by atoms with van der Waals surface area (Å²) in [5, 5.41) is 5.52. The van der Waals surface area contributed by atoms with Crippen LogP contribution in [0.5, 0.6) is 0 Å². The average molecular weight is 393 g/mol. The van der Waals surface area contributed by atoms with Gasteiger partial charge < -0.3 is 10.6 Å². The van der Waals surface area contributed by atoms with E-state index in [-0.39, 0.29) is 6.54 Å². The Morgan fingerprint density at radius 3 is 2.41 bits per heavy atom. The van der Waals surface area contributed by atoms with Crippen molar-refractivity contribution < 1.29 is 14.4 Å². The van der Waals surface area contributed by atoms with Crippen molar-refractivity contribution in [3.63, 3.8) is 0 Å². The fraction of sp³-hybridized carbons (Fsp3) is 0.348. The molecule has 4 amide bonds. The summed E-state index contributed by atoms with van der Waals surface area (Å²) in [6.07, 6.45) is 2.00. The highest BCUT2D eigenvalue weighted by Gasteiger charge is 2.49. The van der Waals surface area contributed by atoms with Crippen LogP contribution in [0.15, 0.2) is 42.5 Å². The molecule has 1 heterocycles. The van der Waals surface area contributed by atoms with E-state index in [1.165, 1.54) is 5.56 Å². The molecule has 1 aliphatic rings. The molecular formula is C23H27N3O3. The summed E-state index contributed by atoms with van der Waals surface area (Å²) in [6.45, 7) is 7.32. The van der Waals surface area contributed by atoms with Crippen LogP contribution in [0.3, 0.4) is 0 Å². The van der Waals surface area contributed by atoms with Gasteiger partial charge in [-0.15, -0.1) is 0 Å². The molecule has 0 saturated carbocycles. The molecule has 6 heteroatoms. The number of aryl methyl sites for hydroxylation is 3. The van der Waals surface area contributed by atoms with Crippen molar-refractivity contribution in [2.24, 2.45) is 0 Å². The fourth-order valence-electron chi connectivity index (χ4n) is 3.62. The predicted octanol–water partition coefficient (Wildman–Crippen LogP) is 3.66. The van der Waals surface area contributed by atoms with Gasteiger partial charge in [0.25, 0.3) is 5.91 Å². The SMILES string of the molecule is CCCc1ccc([C@@]2(C)NC(=O)N(CC(=O)Nc3ccc(C)cc3C)C2=O)cc1. The van der Waals surface area contributed by atoms with Gasteiger partial charge in [0, 0.05) is 5.69 Å². The van der Waals surface area contributed by atoms with Crippen LogP contribution in [-0.4, -0.2) is 29.3 Å². The third kappa shape index (κ3) is 4.16. The minimum Gasteiger partial charge on any atom is -0.324 e. The quantitative estimate of drug-likeness (QED) is 0.735. The van der Waals surface area contributed by atoms with Crippen molar-refractivity contribution >= 4 is 23.5 Å². The first kappa shape index (κ1) is 20.6. The Balaban J connectivity index is 1.73. The van der Waals surface area contributed by atoms with Gasteiger partial charge in [0.1, 0.15) is 12.1 Å². The second-order valence-corrected chi connectivity index (χ2v) is 7.76. The number of rotatable bonds is 6. The number of hydrogen-bond donors (Lipinski definition) is 2. The number of carbonyl (C=O) groups is 3. The third-order valence-corrected chi connectivity index (χ3v) is 5.30. The lowest BCUT2D eigenvalue weighted by Crippen LogP contribution is -2.42. The monoisotopic (exact) mass is 393 g/mol. The zero-order chi connectivity index (χ0) is 21.2. The largest absolute Gasteiger partial charge is 0.325 e. The second kappa shape index (κ2) is 8.07. The van der Waals surface area contributed by atoms with Crippen LogP contribution < -0.4 is 10.6 Å². The molecule has 0 bridgehead atoms. The van der Waals surface area contributed by atoms with Crippen molar-refractivity contribution in [3.8, 4) is 0 Å². The lowest BCUT2D eigenvalue weighted by atomic mass is 9.91. The molecule has 2 aromatic carbocycles. The molecule has 2 N–H and O–H groups in total. The first-order valence-electron chi connectivity index (χ1n) is 9.85.